The van der Waals surface area contributed by atoms with E-state index in [1.54, 1.807) is 30.3 Å². The minimum absolute atomic E-state index is 0.372. The molecule has 1 aromatic carbocycles. The first-order chi connectivity index (χ1) is 9.08. The van der Waals surface area contributed by atoms with Crippen LogP contribution in [0.15, 0.2) is 44.3 Å². The molecule has 7 heteroatoms. The van der Waals surface area contributed by atoms with Gasteiger partial charge in [0.2, 0.25) is 0 Å². The number of halogens is 3. The molecule has 0 atom stereocenters. The first-order valence-corrected chi connectivity index (χ1v) is 7.35. The SMILES string of the molecule is O=C(N/N=C\c1cc(Br)c(I)o1)c1ccccc1Cl. The van der Waals surface area contributed by atoms with Crippen LogP contribution in [0, 0.1) is 3.77 Å². The number of hydrogen-bond acceptors (Lipinski definition) is 3. The highest BCUT2D eigenvalue weighted by Gasteiger charge is 2.08. The van der Waals surface area contributed by atoms with Crippen LogP contribution in [0.5, 0.6) is 0 Å². The van der Waals surface area contributed by atoms with Gasteiger partial charge in [-0.05, 0) is 28.1 Å². The van der Waals surface area contributed by atoms with Gasteiger partial charge in [0.25, 0.3) is 5.91 Å². The summed E-state index contributed by atoms with van der Waals surface area (Å²) in [4.78, 5) is 11.8. The minimum Gasteiger partial charge on any atom is -0.448 e. The summed E-state index contributed by atoms with van der Waals surface area (Å²) in [7, 11) is 0. The van der Waals surface area contributed by atoms with E-state index in [1.807, 2.05) is 22.6 Å². The van der Waals surface area contributed by atoms with E-state index < -0.39 is 0 Å². The number of rotatable bonds is 3. The van der Waals surface area contributed by atoms with Crippen molar-refractivity contribution in [2.75, 3.05) is 0 Å². The number of hydrogen-bond donors (Lipinski definition) is 1. The van der Waals surface area contributed by atoms with Gasteiger partial charge in [0.1, 0.15) is 5.76 Å². The number of hydrazone groups is 1. The zero-order valence-corrected chi connectivity index (χ0v) is 13.9. The van der Waals surface area contributed by atoms with Crippen LogP contribution >= 0.6 is 50.1 Å². The Morgan fingerprint density at radius 2 is 2.21 bits per heavy atom. The minimum atomic E-state index is -0.373. The maximum Gasteiger partial charge on any atom is 0.272 e. The van der Waals surface area contributed by atoms with Gasteiger partial charge in [-0.1, -0.05) is 23.7 Å². The Morgan fingerprint density at radius 1 is 1.47 bits per heavy atom. The number of carbonyl (C=O) groups is 1. The van der Waals surface area contributed by atoms with Gasteiger partial charge in [0, 0.05) is 28.7 Å². The van der Waals surface area contributed by atoms with Gasteiger partial charge in [-0.15, -0.1) is 0 Å². The van der Waals surface area contributed by atoms with E-state index in [4.69, 9.17) is 16.0 Å². The Labute approximate surface area is 136 Å². The summed E-state index contributed by atoms with van der Waals surface area (Å²) in [6.07, 6.45) is 1.42. The Morgan fingerprint density at radius 3 is 2.84 bits per heavy atom. The second-order valence-electron chi connectivity index (χ2n) is 3.45. The zero-order valence-electron chi connectivity index (χ0n) is 9.36. The standard InChI is InChI=1S/C12H7BrClIN2O2/c13-9-5-7(19-11(9)15)6-16-17-12(18)8-3-1-2-4-10(8)14/h1-6H,(H,17,18)/b16-6-. The average molecular weight is 453 g/mol. The van der Waals surface area contributed by atoms with E-state index in [2.05, 4.69) is 26.5 Å². The normalized spacial score (nSPS) is 10.9. The lowest BCUT2D eigenvalue weighted by atomic mass is 10.2. The van der Waals surface area contributed by atoms with E-state index in [0.29, 0.717) is 16.3 Å². The van der Waals surface area contributed by atoms with Gasteiger partial charge in [0.15, 0.2) is 3.77 Å². The van der Waals surface area contributed by atoms with Crippen LogP contribution in [0.3, 0.4) is 0 Å². The van der Waals surface area contributed by atoms with E-state index >= 15 is 0 Å². The Bertz CT molecular complexity index is 623. The Balaban J connectivity index is 2.03. The molecule has 98 valence electrons. The molecule has 0 unspecified atom stereocenters. The van der Waals surface area contributed by atoms with Crippen molar-refractivity contribution in [3.63, 3.8) is 0 Å². The molecule has 1 N–H and O–H groups in total. The summed E-state index contributed by atoms with van der Waals surface area (Å²) < 4.78 is 6.90. The molecule has 0 saturated heterocycles. The number of furan rings is 1. The fourth-order valence-corrected chi connectivity index (χ4v) is 2.23. The molecule has 1 heterocycles. The van der Waals surface area contributed by atoms with Crippen LogP contribution in [0.4, 0.5) is 0 Å². The summed E-state index contributed by atoms with van der Waals surface area (Å²) in [6, 6.07) is 8.51. The van der Waals surface area contributed by atoms with Gasteiger partial charge in [-0.25, -0.2) is 5.43 Å². The quantitative estimate of drug-likeness (QED) is 0.433. The first kappa shape index (κ1) is 14.5. The molecule has 1 aromatic heterocycles. The number of nitrogens with one attached hydrogen (secondary N) is 1. The largest absolute Gasteiger partial charge is 0.448 e. The molecule has 2 aromatic rings. The molecule has 0 spiro atoms. The van der Waals surface area contributed by atoms with Crippen LogP contribution in [0.2, 0.25) is 5.02 Å². The maximum absolute atomic E-state index is 11.8. The van der Waals surface area contributed by atoms with Gasteiger partial charge >= 0.3 is 0 Å². The first-order valence-electron chi connectivity index (χ1n) is 5.10. The molecule has 2 rings (SSSR count). The van der Waals surface area contributed by atoms with Crippen molar-refractivity contribution in [3.05, 3.63) is 54.9 Å². The lowest BCUT2D eigenvalue weighted by molar-refractivity contribution is 0.0955. The smallest absolute Gasteiger partial charge is 0.272 e. The van der Waals surface area contributed by atoms with Gasteiger partial charge < -0.3 is 4.42 Å². The molecular weight excluding hydrogens is 446 g/mol. The van der Waals surface area contributed by atoms with E-state index in [-0.39, 0.29) is 5.91 Å². The molecule has 0 saturated carbocycles. The van der Waals surface area contributed by atoms with Gasteiger partial charge in [0.05, 0.1) is 21.3 Å². The molecule has 19 heavy (non-hydrogen) atoms. The molecule has 0 aliphatic rings. The van der Waals surface area contributed by atoms with Crippen molar-refractivity contribution < 1.29 is 9.21 Å². The average Bonchev–Trinajstić information content (AvgIpc) is 2.69. The highest BCUT2D eigenvalue weighted by molar-refractivity contribution is 14.1. The third-order valence-electron chi connectivity index (χ3n) is 2.14. The van der Waals surface area contributed by atoms with Crippen LogP contribution in [0.25, 0.3) is 0 Å². The summed E-state index contributed by atoms with van der Waals surface area (Å²) in [5.74, 6) is 0.165. The third kappa shape index (κ3) is 3.80. The number of nitrogens with zero attached hydrogens (tertiary/aromatic N) is 1. The van der Waals surface area contributed by atoms with Crippen LogP contribution in [0.1, 0.15) is 16.1 Å². The molecule has 0 bridgehead atoms. The molecule has 0 aliphatic carbocycles. The number of amides is 1. The summed E-state index contributed by atoms with van der Waals surface area (Å²) in [5, 5.41) is 4.19. The highest BCUT2D eigenvalue weighted by atomic mass is 127. The molecule has 0 aliphatic heterocycles. The topological polar surface area (TPSA) is 54.6 Å². The van der Waals surface area contributed by atoms with Crippen molar-refractivity contribution in [2.24, 2.45) is 5.10 Å². The molecular formula is C12H7BrClIN2O2. The predicted octanol–water partition coefficient (Wildman–Crippen LogP) is 4.06. The van der Waals surface area contributed by atoms with Crippen LogP contribution in [-0.2, 0) is 0 Å². The van der Waals surface area contributed by atoms with Crippen LogP contribution < -0.4 is 5.43 Å². The summed E-state index contributed by atoms with van der Waals surface area (Å²) in [6.45, 7) is 0. The predicted molar refractivity (Wildman–Crippen MR) is 85.6 cm³/mol. The maximum atomic E-state index is 11.8. The van der Waals surface area contributed by atoms with Crippen LogP contribution in [-0.4, -0.2) is 12.1 Å². The monoisotopic (exact) mass is 452 g/mol. The van der Waals surface area contributed by atoms with E-state index in [0.717, 1.165) is 8.24 Å². The summed E-state index contributed by atoms with van der Waals surface area (Å²) in [5.41, 5.74) is 2.76. The number of carbonyl (C=O) groups excluding carboxylic acids is 1. The number of benzene rings is 1. The second-order valence-corrected chi connectivity index (χ2v) is 5.69. The molecule has 0 radical (unpaired) electrons. The fourth-order valence-electron chi connectivity index (χ4n) is 1.29. The van der Waals surface area contributed by atoms with Crippen molar-refractivity contribution in [2.45, 2.75) is 0 Å². The Kier molecular flexibility index (Phi) is 5.00. The van der Waals surface area contributed by atoms with Crippen molar-refractivity contribution in [1.82, 2.24) is 5.43 Å². The van der Waals surface area contributed by atoms with Crippen molar-refractivity contribution >= 4 is 62.2 Å². The lowest BCUT2D eigenvalue weighted by Gasteiger charge is -2.00. The fraction of sp³-hybridized carbons (Fsp3) is 0. The van der Waals surface area contributed by atoms with Crippen molar-refractivity contribution in [3.8, 4) is 0 Å². The molecule has 4 nitrogen and oxygen atoms in total. The van der Waals surface area contributed by atoms with Crippen molar-refractivity contribution in [1.29, 1.82) is 0 Å². The molecule has 0 fully saturated rings. The highest BCUT2D eigenvalue weighted by Crippen LogP contribution is 2.22. The Hall–Kier alpha value is -0.860. The third-order valence-corrected chi connectivity index (χ3v) is 4.60. The van der Waals surface area contributed by atoms with E-state index in [9.17, 15) is 4.79 Å². The van der Waals surface area contributed by atoms with E-state index in [1.165, 1.54) is 6.21 Å². The second kappa shape index (κ2) is 6.53. The van der Waals surface area contributed by atoms with Gasteiger partial charge in [-0.2, -0.15) is 5.10 Å². The van der Waals surface area contributed by atoms with Gasteiger partial charge in [-0.3, -0.25) is 4.79 Å². The lowest BCUT2D eigenvalue weighted by Crippen LogP contribution is -2.17. The zero-order chi connectivity index (χ0) is 13.8. The molecule has 1 amide bonds. The summed E-state index contributed by atoms with van der Waals surface area (Å²) >= 11 is 11.3.